The monoisotopic (exact) mass is 301 g/mol. The summed E-state index contributed by atoms with van der Waals surface area (Å²) in [5.41, 5.74) is 5.21. The van der Waals surface area contributed by atoms with Crippen LogP contribution in [0.25, 0.3) is 11.0 Å². The predicted molar refractivity (Wildman–Crippen MR) is 91.0 cm³/mol. The van der Waals surface area contributed by atoms with Gasteiger partial charge in [0.05, 0.1) is 11.0 Å². The second-order valence-electron chi connectivity index (χ2n) is 6.80. The number of hydrogen-bond acceptors (Lipinski definition) is 2. The van der Waals surface area contributed by atoms with Crippen molar-refractivity contribution < 1.29 is 0 Å². The quantitative estimate of drug-likeness (QED) is 0.662. The Morgan fingerprint density at radius 3 is 2.86 bits per heavy atom. The molecule has 0 spiro atoms. The first-order chi connectivity index (χ1) is 9.88. The molecule has 4 heteroatoms. The zero-order chi connectivity index (χ0) is 15.2. The Balaban J connectivity index is 2.12. The Bertz CT molecular complexity index is 760. The number of benzene rings is 1. The summed E-state index contributed by atoms with van der Waals surface area (Å²) < 4.78 is 3.09. The van der Waals surface area contributed by atoms with Gasteiger partial charge in [0.15, 0.2) is 4.77 Å². The Hall–Kier alpha value is -1.39. The number of imidazole rings is 1. The molecule has 21 heavy (non-hydrogen) atoms. The van der Waals surface area contributed by atoms with E-state index in [0.717, 1.165) is 29.9 Å². The fourth-order valence-electron chi connectivity index (χ4n) is 3.08. The number of aromatic nitrogens is 2. The fourth-order valence-corrected chi connectivity index (χ4v) is 3.35. The minimum Gasteiger partial charge on any atom is -0.331 e. The molecule has 0 aliphatic carbocycles. The summed E-state index contributed by atoms with van der Waals surface area (Å²) in [7, 11) is 0. The van der Waals surface area contributed by atoms with E-state index in [2.05, 4.69) is 66.4 Å². The summed E-state index contributed by atoms with van der Waals surface area (Å²) in [6, 6.07) is 6.45. The van der Waals surface area contributed by atoms with Crippen molar-refractivity contribution >= 4 is 23.3 Å². The fraction of sp³-hybridized carbons (Fsp3) is 0.471. The molecule has 3 nitrogen and oxygen atoms in total. The van der Waals surface area contributed by atoms with Crippen LogP contribution in [-0.4, -0.2) is 26.5 Å². The summed E-state index contributed by atoms with van der Waals surface area (Å²) in [5, 5.41) is 0. The van der Waals surface area contributed by atoms with Crippen molar-refractivity contribution in [1.82, 2.24) is 14.5 Å². The highest BCUT2D eigenvalue weighted by Crippen LogP contribution is 2.30. The van der Waals surface area contributed by atoms with Gasteiger partial charge >= 0.3 is 0 Å². The molecule has 0 bridgehead atoms. The smallest absolute Gasteiger partial charge is 0.178 e. The number of rotatable bonds is 2. The minimum absolute atomic E-state index is 0.0678. The molecule has 1 N–H and O–H groups in total. The number of hydrogen-bond donors (Lipinski definition) is 1. The van der Waals surface area contributed by atoms with Gasteiger partial charge in [0.1, 0.15) is 0 Å². The molecule has 0 unspecified atom stereocenters. The van der Waals surface area contributed by atoms with Crippen LogP contribution >= 0.6 is 12.2 Å². The lowest BCUT2D eigenvalue weighted by Gasteiger charge is -2.36. The van der Waals surface area contributed by atoms with Gasteiger partial charge in [-0.15, -0.1) is 0 Å². The zero-order valence-corrected chi connectivity index (χ0v) is 14.0. The van der Waals surface area contributed by atoms with Crippen molar-refractivity contribution in [3.05, 3.63) is 40.2 Å². The number of nitrogens with zero attached hydrogens (tertiary/aromatic N) is 2. The van der Waals surface area contributed by atoms with Crippen LogP contribution in [0.5, 0.6) is 0 Å². The molecular formula is C17H23N3S. The highest BCUT2D eigenvalue weighted by molar-refractivity contribution is 7.71. The van der Waals surface area contributed by atoms with E-state index in [1.165, 1.54) is 16.7 Å². The van der Waals surface area contributed by atoms with Crippen molar-refractivity contribution in [2.24, 2.45) is 0 Å². The van der Waals surface area contributed by atoms with E-state index < -0.39 is 0 Å². The third-order valence-corrected chi connectivity index (χ3v) is 4.68. The zero-order valence-electron chi connectivity index (χ0n) is 13.2. The summed E-state index contributed by atoms with van der Waals surface area (Å²) in [6.07, 6.45) is 2.31. The van der Waals surface area contributed by atoms with E-state index in [4.69, 9.17) is 12.2 Å². The first-order valence-corrected chi connectivity index (χ1v) is 7.88. The maximum Gasteiger partial charge on any atom is 0.178 e. The SMILES string of the molecule is CC(C)=CCN1Cc2cccc3[nH]c(=S)n(c23)CC1(C)C. The number of aromatic amines is 1. The summed E-state index contributed by atoms with van der Waals surface area (Å²) in [5.74, 6) is 0. The van der Waals surface area contributed by atoms with Gasteiger partial charge in [-0.25, -0.2) is 0 Å². The molecule has 0 amide bonds. The van der Waals surface area contributed by atoms with Crippen LogP contribution in [0.15, 0.2) is 29.8 Å². The molecule has 0 fully saturated rings. The maximum atomic E-state index is 5.53. The lowest BCUT2D eigenvalue weighted by molar-refractivity contribution is 0.114. The van der Waals surface area contributed by atoms with Crippen molar-refractivity contribution in [2.75, 3.05) is 6.54 Å². The van der Waals surface area contributed by atoms with E-state index in [9.17, 15) is 0 Å². The topological polar surface area (TPSA) is 24.0 Å². The van der Waals surface area contributed by atoms with Gasteiger partial charge in [0.2, 0.25) is 0 Å². The molecule has 1 aliphatic rings. The standard InChI is InChI=1S/C17H23N3S/c1-12(2)8-9-19-10-13-6-5-7-14-15(13)20(16(21)18-14)11-17(19,3)4/h5-8H,9-11H2,1-4H3,(H,18,21). The first-order valence-electron chi connectivity index (χ1n) is 7.47. The lowest BCUT2D eigenvalue weighted by atomic mass is 10.0. The predicted octanol–water partition coefficient (Wildman–Crippen LogP) is 4.26. The van der Waals surface area contributed by atoms with Crippen LogP contribution in [0, 0.1) is 4.77 Å². The second-order valence-corrected chi connectivity index (χ2v) is 7.19. The van der Waals surface area contributed by atoms with Crippen LogP contribution in [0.4, 0.5) is 0 Å². The Labute approximate surface area is 131 Å². The molecule has 0 saturated heterocycles. The first kappa shape index (κ1) is 14.5. The molecule has 2 aromatic rings. The highest BCUT2D eigenvalue weighted by atomic mass is 32.1. The lowest BCUT2D eigenvalue weighted by Crippen LogP contribution is -2.45. The molecule has 1 aromatic heterocycles. The van der Waals surface area contributed by atoms with E-state index in [1.807, 2.05) is 0 Å². The van der Waals surface area contributed by atoms with Crippen LogP contribution in [0.1, 0.15) is 33.3 Å². The van der Waals surface area contributed by atoms with Crippen molar-refractivity contribution in [1.29, 1.82) is 0 Å². The van der Waals surface area contributed by atoms with Gasteiger partial charge in [-0.2, -0.15) is 0 Å². The largest absolute Gasteiger partial charge is 0.331 e. The molecule has 1 aliphatic heterocycles. The van der Waals surface area contributed by atoms with E-state index in [1.54, 1.807) is 0 Å². The van der Waals surface area contributed by atoms with Crippen LogP contribution in [0.3, 0.4) is 0 Å². The average Bonchev–Trinajstić information content (AvgIpc) is 2.63. The molecular weight excluding hydrogens is 278 g/mol. The van der Waals surface area contributed by atoms with Gasteiger partial charge < -0.3 is 9.55 Å². The number of allylic oxidation sites excluding steroid dienone is 1. The normalized spacial score (nSPS) is 17.7. The summed E-state index contributed by atoms with van der Waals surface area (Å²) in [4.78, 5) is 5.87. The van der Waals surface area contributed by atoms with Gasteiger partial charge in [0, 0.05) is 25.2 Å². The molecule has 0 saturated carbocycles. The Morgan fingerprint density at radius 2 is 2.14 bits per heavy atom. The maximum absolute atomic E-state index is 5.53. The molecule has 1 aromatic carbocycles. The van der Waals surface area contributed by atoms with Gasteiger partial charge in [-0.3, -0.25) is 4.90 Å². The molecule has 0 atom stereocenters. The average molecular weight is 301 g/mol. The molecule has 112 valence electrons. The van der Waals surface area contributed by atoms with Gasteiger partial charge in [-0.05, 0) is 51.5 Å². The van der Waals surface area contributed by atoms with Gasteiger partial charge in [0.25, 0.3) is 0 Å². The third kappa shape index (κ3) is 2.58. The Kier molecular flexibility index (Phi) is 3.54. The number of para-hydroxylation sites is 1. The number of H-pyrrole nitrogens is 1. The van der Waals surface area contributed by atoms with Crippen molar-refractivity contribution in [3.63, 3.8) is 0 Å². The molecule has 3 rings (SSSR count). The van der Waals surface area contributed by atoms with Crippen molar-refractivity contribution in [3.8, 4) is 0 Å². The van der Waals surface area contributed by atoms with E-state index in [0.29, 0.717) is 0 Å². The molecule has 0 radical (unpaired) electrons. The minimum atomic E-state index is 0.0678. The van der Waals surface area contributed by atoms with Crippen LogP contribution in [0.2, 0.25) is 0 Å². The van der Waals surface area contributed by atoms with Crippen LogP contribution in [-0.2, 0) is 13.1 Å². The summed E-state index contributed by atoms with van der Waals surface area (Å²) in [6.45, 7) is 11.8. The Morgan fingerprint density at radius 1 is 1.38 bits per heavy atom. The second kappa shape index (κ2) is 5.11. The van der Waals surface area contributed by atoms with Crippen LogP contribution < -0.4 is 0 Å². The third-order valence-electron chi connectivity index (χ3n) is 4.36. The van der Waals surface area contributed by atoms with E-state index >= 15 is 0 Å². The summed E-state index contributed by atoms with van der Waals surface area (Å²) >= 11 is 5.53. The highest BCUT2D eigenvalue weighted by Gasteiger charge is 2.31. The van der Waals surface area contributed by atoms with Gasteiger partial charge in [-0.1, -0.05) is 23.8 Å². The number of nitrogens with one attached hydrogen (secondary N) is 1. The van der Waals surface area contributed by atoms with E-state index in [-0.39, 0.29) is 5.54 Å². The van der Waals surface area contributed by atoms with Crippen molar-refractivity contribution in [2.45, 2.75) is 46.3 Å². The molecule has 2 heterocycles.